The quantitative estimate of drug-likeness (QED) is 0.313. The fourth-order valence-electron chi connectivity index (χ4n) is 0.820. The molecule has 0 heterocycles. The van der Waals surface area contributed by atoms with Gasteiger partial charge in [-0.3, -0.25) is 4.79 Å². The first-order valence-electron chi connectivity index (χ1n) is 3.82. The Kier molecular flexibility index (Phi) is 3.03. The van der Waals surface area contributed by atoms with Crippen LogP contribution in [0.4, 0.5) is 5.69 Å². The second kappa shape index (κ2) is 4.25. The lowest BCUT2D eigenvalue weighted by molar-refractivity contribution is -0.354. The molecule has 0 bridgehead atoms. The van der Waals surface area contributed by atoms with Crippen molar-refractivity contribution in [3.8, 4) is 0 Å². The zero-order valence-electron chi connectivity index (χ0n) is 7.23. The highest BCUT2D eigenvalue weighted by Gasteiger charge is 2.02. The summed E-state index contributed by atoms with van der Waals surface area (Å²) in [6.45, 7) is 0. The summed E-state index contributed by atoms with van der Waals surface area (Å²) in [5.74, 6) is -0.418. The van der Waals surface area contributed by atoms with Crippen LogP contribution in [0.2, 0.25) is 0 Å². The number of hydrogen-bond acceptors (Lipinski definition) is 2. The van der Waals surface area contributed by atoms with Gasteiger partial charge in [0.05, 0.1) is 0 Å². The van der Waals surface area contributed by atoms with Gasteiger partial charge in [0.15, 0.2) is 0 Å². The van der Waals surface area contributed by atoms with E-state index in [2.05, 4.69) is 5.32 Å². The first kappa shape index (κ1) is 9.25. The molecule has 1 rings (SSSR count). The Labute approximate surface area is 76.1 Å². The summed E-state index contributed by atoms with van der Waals surface area (Å²) >= 11 is 0. The highest BCUT2D eigenvalue weighted by molar-refractivity contribution is 6.24. The lowest BCUT2D eigenvalue weighted by atomic mass is 10.3. The molecule has 0 unspecified atom stereocenters. The number of amides is 1. The van der Waals surface area contributed by atoms with Gasteiger partial charge in [0.25, 0.3) is 0 Å². The number of carbonyl (C=O) groups excluding carboxylic acids is 1. The Bertz CT molecular complexity index is 320. The molecule has 0 spiro atoms. The van der Waals surface area contributed by atoms with Crippen molar-refractivity contribution in [1.29, 1.82) is 0 Å². The molecule has 0 aromatic heterocycles. The largest absolute Gasteiger partial charge is 0.618 e. The molecule has 0 radical (unpaired) electrons. The SMILES string of the molecule is CNC(=O)/C=[N+](\[O-])c1ccccc1. The van der Waals surface area contributed by atoms with Gasteiger partial charge in [-0.05, 0) is 0 Å². The van der Waals surface area contributed by atoms with E-state index in [1.807, 2.05) is 0 Å². The molecule has 0 saturated heterocycles. The van der Waals surface area contributed by atoms with Gasteiger partial charge in [0.1, 0.15) is 0 Å². The molecule has 1 amide bonds. The van der Waals surface area contributed by atoms with Gasteiger partial charge in [-0.25, -0.2) is 0 Å². The Balaban J connectivity index is 2.85. The fourth-order valence-corrected chi connectivity index (χ4v) is 0.820. The minimum absolute atomic E-state index is 0.418. The lowest BCUT2D eigenvalue weighted by Crippen LogP contribution is -2.22. The van der Waals surface area contributed by atoms with E-state index < -0.39 is 5.91 Å². The topological polar surface area (TPSA) is 55.2 Å². The number of para-hydroxylation sites is 1. The first-order valence-corrected chi connectivity index (χ1v) is 3.82. The number of carbonyl (C=O) groups is 1. The van der Waals surface area contributed by atoms with E-state index in [0.29, 0.717) is 10.4 Å². The number of hydrogen-bond donors (Lipinski definition) is 1. The number of benzene rings is 1. The van der Waals surface area contributed by atoms with Crippen LogP contribution in [0.3, 0.4) is 0 Å². The van der Waals surface area contributed by atoms with E-state index in [0.717, 1.165) is 6.21 Å². The maximum absolute atomic E-state index is 11.2. The standard InChI is InChI=1S/C9H10N2O2/c1-10-9(12)7-11(13)8-5-3-2-4-6-8/h2-7H,1H3,(H,10,12)/b11-7-. The van der Waals surface area contributed by atoms with Crippen LogP contribution in [-0.4, -0.2) is 23.9 Å². The lowest BCUT2D eigenvalue weighted by Gasteiger charge is -2.00. The molecule has 4 nitrogen and oxygen atoms in total. The molecule has 0 aliphatic rings. The fraction of sp³-hybridized carbons (Fsp3) is 0.111. The number of rotatable bonds is 2. The van der Waals surface area contributed by atoms with Crippen LogP contribution in [0, 0.1) is 5.21 Å². The maximum atomic E-state index is 11.2. The van der Waals surface area contributed by atoms with Gasteiger partial charge < -0.3 is 10.5 Å². The van der Waals surface area contributed by atoms with Gasteiger partial charge >= 0.3 is 5.91 Å². The van der Waals surface area contributed by atoms with Crippen molar-refractivity contribution in [2.75, 3.05) is 7.05 Å². The van der Waals surface area contributed by atoms with E-state index in [1.54, 1.807) is 30.3 Å². The van der Waals surface area contributed by atoms with E-state index in [1.165, 1.54) is 7.05 Å². The summed E-state index contributed by atoms with van der Waals surface area (Å²) in [5, 5.41) is 13.5. The van der Waals surface area contributed by atoms with Crippen molar-refractivity contribution in [3.63, 3.8) is 0 Å². The van der Waals surface area contributed by atoms with Gasteiger partial charge in [-0.1, -0.05) is 18.2 Å². The van der Waals surface area contributed by atoms with Gasteiger partial charge in [-0.15, -0.1) is 0 Å². The Morgan fingerprint density at radius 3 is 2.62 bits per heavy atom. The van der Waals surface area contributed by atoms with Crippen molar-refractivity contribution >= 4 is 17.8 Å². The third-order valence-corrected chi connectivity index (χ3v) is 1.49. The maximum Gasteiger partial charge on any atom is 0.309 e. The van der Waals surface area contributed by atoms with Crippen molar-refractivity contribution in [1.82, 2.24) is 5.32 Å². The second-order valence-corrected chi connectivity index (χ2v) is 2.40. The van der Waals surface area contributed by atoms with E-state index in [-0.39, 0.29) is 0 Å². The van der Waals surface area contributed by atoms with Crippen LogP contribution in [0.5, 0.6) is 0 Å². The molecule has 0 fully saturated rings. The smallest absolute Gasteiger partial charge is 0.309 e. The summed E-state index contributed by atoms with van der Waals surface area (Å²) in [4.78, 5) is 10.8. The van der Waals surface area contributed by atoms with Crippen molar-refractivity contribution in [2.24, 2.45) is 0 Å². The van der Waals surface area contributed by atoms with E-state index in [9.17, 15) is 10.0 Å². The monoisotopic (exact) mass is 178 g/mol. The molecule has 0 aliphatic heterocycles. The van der Waals surface area contributed by atoms with E-state index >= 15 is 0 Å². The minimum Gasteiger partial charge on any atom is -0.618 e. The summed E-state index contributed by atoms with van der Waals surface area (Å²) in [5.41, 5.74) is 0.436. The predicted octanol–water partition coefficient (Wildman–Crippen LogP) is 0.645. The summed E-state index contributed by atoms with van der Waals surface area (Å²) in [6, 6.07) is 8.53. The number of nitrogens with zero attached hydrogens (tertiary/aromatic N) is 1. The van der Waals surface area contributed by atoms with Gasteiger partial charge in [0.2, 0.25) is 11.9 Å². The third-order valence-electron chi connectivity index (χ3n) is 1.49. The predicted molar refractivity (Wildman–Crippen MR) is 49.9 cm³/mol. The molecule has 0 saturated carbocycles. The summed E-state index contributed by atoms with van der Waals surface area (Å²) in [7, 11) is 1.47. The zero-order chi connectivity index (χ0) is 9.68. The molecule has 13 heavy (non-hydrogen) atoms. The molecule has 1 N–H and O–H groups in total. The van der Waals surface area contributed by atoms with Crippen LogP contribution in [0.1, 0.15) is 0 Å². The third kappa shape index (κ3) is 2.59. The normalized spacial score (nSPS) is 11.0. The molecule has 4 heteroatoms. The second-order valence-electron chi connectivity index (χ2n) is 2.40. The average molecular weight is 178 g/mol. The van der Waals surface area contributed by atoms with E-state index in [4.69, 9.17) is 0 Å². The Morgan fingerprint density at radius 1 is 1.46 bits per heavy atom. The highest BCUT2D eigenvalue weighted by atomic mass is 16.5. The highest BCUT2D eigenvalue weighted by Crippen LogP contribution is 2.07. The zero-order valence-corrected chi connectivity index (χ0v) is 7.23. The van der Waals surface area contributed by atoms with Crippen molar-refractivity contribution < 1.29 is 9.53 Å². The first-order chi connectivity index (χ1) is 6.24. The average Bonchev–Trinajstić information content (AvgIpc) is 2.19. The van der Waals surface area contributed by atoms with Crippen molar-refractivity contribution in [2.45, 2.75) is 0 Å². The molecule has 68 valence electrons. The van der Waals surface area contributed by atoms with Crippen LogP contribution in [0.15, 0.2) is 30.3 Å². The molecular weight excluding hydrogens is 168 g/mol. The molecule has 0 atom stereocenters. The Morgan fingerprint density at radius 2 is 2.08 bits per heavy atom. The molecule has 0 aliphatic carbocycles. The van der Waals surface area contributed by atoms with Gasteiger partial charge in [-0.2, -0.15) is 4.74 Å². The van der Waals surface area contributed by atoms with Crippen LogP contribution in [0.25, 0.3) is 0 Å². The minimum atomic E-state index is -0.418. The van der Waals surface area contributed by atoms with Crippen LogP contribution >= 0.6 is 0 Å². The summed E-state index contributed by atoms with van der Waals surface area (Å²) in [6.07, 6.45) is 0.954. The molecular formula is C9H10N2O2. The van der Waals surface area contributed by atoms with Crippen molar-refractivity contribution in [3.05, 3.63) is 35.5 Å². The van der Waals surface area contributed by atoms with Gasteiger partial charge in [0, 0.05) is 19.2 Å². The summed E-state index contributed by atoms with van der Waals surface area (Å²) < 4.78 is 0.527. The molecule has 1 aromatic carbocycles. The molecule has 1 aromatic rings. The number of nitrogens with one attached hydrogen (secondary N) is 1. The Hall–Kier alpha value is -1.84. The van der Waals surface area contributed by atoms with Crippen LogP contribution < -0.4 is 5.32 Å². The van der Waals surface area contributed by atoms with Crippen LogP contribution in [-0.2, 0) is 4.79 Å².